The van der Waals surface area contributed by atoms with Gasteiger partial charge in [-0.3, -0.25) is 0 Å². The molecule has 0 fully saturated rings. The smallest absolute Gasteiger partial charge is 0.139 e. The fraction of sp³-hybridized carbons (Fsp3) is 0.125. The molecule has 0 spiro atoms. The highest BCUT2D eigenvalue weighted by molar-refractivity contribution is 6.30. The van der Waals surface area contributed by atoms with Crippen molar-refractivity contribution in [2.24, 2.45) is 0 Å². The van der Waals surface area contributed by atoms with Crippen LogP contribution in [0.2, 0.25) is 5.02 Å². The molecule has 4 heteroatoms. The summed E-state index contributed by atoms with van der Waals surface area (Å²) in [4.78, 5) is 4.62. The minimum absolute atomic E-state index is 0.312. The Balaban J connectivity index is 2.26. The van der Waals surface area contributed by atoms with Crippen molar-refractivity contribution in [1.82, 2.24) is 9.38 Å². The number of pyridine rings is 1. The highest BCUT2D eigenvalue weighted by atomic mass is 35.5. The van der Waals surface area contributed by atoms with Gasteiger partial charge in [-0.2, -0.15) is 5.26 Å². The van der Waals surface area contributed by atoms with E-state index in [-0.39, 0.29) is 0 Å². The molecule has 0 aliphatic rings. The molecule has 3 nitrogen and oxygen atoms in total. The number of nitrogens with zero attached hydrogens (tertiary/aromatic N) is 3. The standard InChI is InChI=1S/C16H12ClN3/c1-11-2-4-12(5-3-11)16-14(6-8-18)20-9-7-13(17)10-15(20)19-16/h2-5,7,9-10H,6H2,1H3. The van der Waals surface area contributed by atoms with Crippen molar-refractivity contribution in [1.29, 1.82) is 5.26 Å². The van der Waals surface area contributed by atoms with E-state index in [1.54, 1.807) is 12.1 Å². The maximum atomic E-state index is 9.05. The van der Waals surface area contributed by atoms with Gasteiger partial charge in [-0.05, 0) is 13.0 Å². The summed E-state index contributed by atoms with van der Waals surface area (Å²) in [7, 11) is 0. The quantitative estimate of drug-likeness (QED) is 0.711. The Morgan fingerprint density at radius 1 is 1.25 bits per heavy atom. The molecule has 0 bridgehead atoms. The van der Waals surface area contributed by atoms with Gasteiger partial charge in [0.2, 0.25) is 0 Å². The molecule has 0 saturated heterocycles. The molecule has 0 atom stereocenters. The number of hydrogen-bond donors (Lipinski definition) is 0. The lowest BCUT2D eigenvalue weighted by atomic mass is 10.1. The Kier molecular flexibility index (Phi) is 3.17. The van der Waals surface area contributed by atoms with E-state index in [0.29, 0.717) is 11.4 Å². The Morgan fingerprint density at radius 3 is 2.70 bits per heavy atom. The van der Waals surface area contributed by atoms with E-state index in [1.165, 1.54) is 5.56 Å². The second kappa shape index (κ2) is 4.99. The molecular weight excluding hydrogens is 270 g/mol. The van der Waals surface area contributed by atoms with E-state index in [0.717, 1.165) is 22.6 Å². The van der Waals surface area contributed by atoms with E-state index in [9.17, 15) is 0 Å². The maximum absolute atomic E-state index is 9.05. The first-order valence-corrected chi connectivity index (χ1v) is 6.67. The van der Waals surface area contributed by atoms with Crippen molar-refractivity contribution in [3.05, 3.63) is 58.9 Å². The van der Waals surface area contributed by atoms with Crippen LogP contribution in [0, 0.1) is 18.3 Å². The number of benzene rings is 1. The number of imidazole rings is 1. The lowest BCUT2D eigenvalue weighted by Gasteiger charge is -2.02. The van der Waals surface area contributed by atoms with Crippen molar-refractivity contribution < 1.29 is 0 Å². The van der Waals surface area contributed by atoms with Gasteiger partial charge < -0.3 is 4.40 Å². The molecule has 0 N–H and O–H groups in total. The Bertz CT molecular complexity index is 810. The summed E-state index contributed by atoms with van der Waals surface area (Å²) in [5.74, 6) is 0. The first-order valence-electron chi connectivity index (χ1n) is 6.29. The molecule has 20 heavy (non-hydrogen) atoms. The Hall–Kier alpha value is -2.31. The van der Waals surface area contributed by atoms with Crippen LogP contribution in [0.4, 0.5) is 0 Å². The van der Waals surface area contributed by atoms with E-state index < -0.39 is 0 Å². The van der Waals surface area contributed by atoms with Crippen molar-refractivity contribution in [2.75, 3.05) is 0 Å². The fourth-order valence-electron chi connectivity index (χ4n) is 2.26. The summed E-state index contributed by atoms with van der Waals surface area (Å²) < 4.78 is 1.92. The topological polar surface area (TPSA) is 41.1 Å². The molecule has 2 aromatic heterocycles. The number of aromatic nitrogens is 2. The molecular formula is C16H12ClN3. The van der Waals surface area contributed by atoms with Crippen LogP contribution in [0.3, 0.4) is 0 Å². The third-order valence-corrected chi connectivity index (χ3v) is 3.49. The molecule has 98 valence electrons. The molecule has 3 rings (SSSR count). The van der Waals surface area contributed by atoms with Gasteiger partial charge in [-0.15, -0.1) is 0 Å². The van der Waals surface area contributed by atoms with Gasteiger partial charge in [0.25, 0.3) is 0 Å². The van der Waals surface area contributed by atoms with Crippen LogP contribution in [0.15, 0.2) is 42.6 Å². The van der Waals surface area contributed by atoms with Crippen LogP contribution in [0.5, 0.6) is 0 Å². The van der Waals surface area contributed by atoms with Crippen LogP contribution in [0.1, 0.15) is 11.3 Å². The lowest BCUT2D eigenvalue weighted by molar-refractivity contribution is 1.06. The Labute approximate surface area is 122 Å². The van der Waals surface area contributed by atoms with Gasteiger partial charge in [0.1, 0.15) is 5.65 Å². The summed E-state index contributed by atoms with van der Waals surface area (Å²) in [6, 6.07) is 14.0. The van der Waals surface area contributed by atoms with Gasteiger partial charge in [0, 0.05) is 22.8 Å². The number of halogens is 1. The monoisotopic (exact) mass is 281 g/mol. The molecule has 1 aromatic carbocycles. The van der Waals surface area contributed by atoms with Gasteiger partial charge in [-0.1, -0.05) is 41.4 Å². The van der Waals surface area contributed by atoms with Gasteiger partial charge >= 0.3 is 0 Å². The number of nitriles is 1. The van der Waals surface area contributed by atoms with Crippen LogP contribution in [-0.2, 0) is 6.42 Å². The van der Waals surface area contributed by atoms with Crippen molar-refractivity contribution in [3.63, 3.8) is 0 Å². The first-order chi connectivity index (χ1) is 9.69. The third-order valence-electron chi connectivity index (χ3n) is 3.26. The largest absolute Gasteiger partial charge is 0.302 e. The van der Waals surface area contributed by atoms with Crippen molar-refractivity contribution in [3.8, 4) is 17.3 Å². The van der Waals surface area contributed by atoms with Gasteiger partial charge in [0.15, 0.2) is 0 Å². The van der Waals surface area contributed by atoms with Gasteiger partial charge in [-0.25, -0.2) is 4.98 Å². The summed E-state index contributed by atoms with van der Waals surface area (Å²) in [5, 5.41) is 9.69. The van der Waals surface area contributed by atoms with Crippen LogP contribution < -0.4 is 0 Å². The summed E-state index contributed by atoms with van der Waals surface area (Å²) in [6.45, 7) is 2.05. The molecule has 3 aromatic rings. The Morgan fingerprint density at radius 2 is 2.00 bits per heavy atom. The van der Waals surface area contributed by atoms with Crippen molar-refractivity contribution in [2.45, 2.75) is 13.3 Å². The van der Waals surface area contributed by atoms with E-state index in [1.807, 2.05) is 41.8 Å². The molecule has 0 aliphatic heterocycles. The fourth-order valence-corrected chi connectivity index (χ4v) is 2.41. The lowest BCUT2D eigenvalue weighted by Crippen LogP contribution is -1.93. The predicted octanol–water partition coefficient (Wildman–Crippen LogP) is 4.03. The maximum Gasteiger partial charge on any atom is 0.139 e. The van der Waals surface area contributed by atoms with E-state index >= 15 is 0 Å². The minimum atomic E-state index is 0.312. The highest BCUT2D eigenvalue weighted by Crippen LogP contribution is 2.26. The summed E-state index contributed by atoms with van der Waals surface area (Å²) in [5.41, 5.74) is 4.71. The highest BCUT2D eigenvalue weighted by Gasteiger charge is 2.13. The minimum Gasteiger partial charge on any atom is -0.302 e. The van der Waals surface area contributed by atoms with Crippen molar-refractivity contribution >= 4 is 17.2 Å². The average molecular weight is 282 g/mol. The predicted molar refractivity (Wildman–Crippen MR) is 79.7 cm³/mol. The van der Waals surface area contributed by atoms with Crippen LogP contribution in [0.25, 0.3) is 16.9 Å². The zero-order chi connectivity index (χ0) is 14.1. The number of hydrogen-bond acceptors (Lipinski definition) is 2. The SMILES string of the molecule is Cc1ccc(-c2nc3cc(Cl)ccn3c2CC#N)cc1. The average Bonchev–Trinajstić information content (AvgIpc) is 2.78. The molecule has 0 unspecified atom stereocenters. The second-order valence-electron chi connectivity index (χ2n) is 4.68. The molecule has 0 aliphatic carbocycles. The number of fused-ring (bicyclic) bond motifs is 1. The normalized spacial score (nSPS) is 10.7. The van der Waals surface area contributed by atoms with Crippen LogP contribution >= 0.6 is 11.6 Å². The molecule has 2 heterocycles. The number of rotatable bonds is 2. The summed E-state index contributed by atoms with van der Waals surface area (Å²) >= 11 is 6.01. The molecule has 0 radical (unpaired) electrons. The zero-order valence-corrected chi connectivity index (χ0v) is 11.7. The number of aryl methyl sites for hydroxylation is 1. The van der Waals surface area contributed by atoms with Gasteiger partial charge in [0.05, 0.1) is 23.9 Å². The second-order valence-corrected chi connectivity index (χ2v) is 5.12. The van der Waals surface area contributed by atoms with E-state index in [4.69, 9.17) is 16.9 Å². The van der Waals surface area contributed by atoms with Crippen LogP contribution in [-0.4, -0.2) is 9.38 Å². The first kappa shape index (κ1) is 12.7. The molecule has 0 amide bonds. The summed E-state index contributed by atoms with van der Waals surface area (Å²) in [6.07, 6.45) is 2.17. The zero-order valence-electron chi connectivity index (χ0n) is 11.0. The van der Waals surface area contributed by atoms with E-state index in [2.05, 4.69) is 11.1 Å². The molecule has 0 saturated carbocycles. The third kappa shape index (κ3) is 2.15.